The van der Waals surface area contributed by atoms with Gasteiger partial charge < -0.3 is 0 Å². The summed E-state index contributed by atoms with van der Waals surface area (Å²) in [4.78, 5) is 0. The van der Waals surface area contributed by atoms with Crippen LogP contribution in [0.2, 0.25) is 0 Å². The predicted molar refractivity (Wildman–Crippen MR) is 39.6 cm³/mol. The average Bonchev–Trinajstić information content (AvgIpc) is 1.85. The Hall–Kier alpha value is -0.170. The summed E-state index contributed by atoms with van der Waals surface area (Å²) >= 11 is 0. The second kappa shape index (κ2) is 3.48. The summed E-state index contributed by atoms with van der Waals surface area (Å²) in [6.07, 6.45) is 3.06. The zero-order chi connectivity index (χ0) is 8.32. The molecular weight excluding hydrogens is 168 g/mol. The summed E-state index contributed by atoms with van der Waals surface area (Å²) in [6, 6.07) is 0. The number of hydroxylamine groups is 2. The molecule has 0 atom stereocenters. The zero-order valence-electron chi connectivity index (χ0n) is 6.19. The first-order valence-electron chi connectivity index (χ1n) is 3.55. The molecule has 0 saturated carbocycles. The first-order chi connectivity index (χ1) is 5.08. The van der Waals surface area contributed by atoms with Gasteiger partial charge in [0.2, 0.25) is 0 Å². The summed E-state index contributed by atoms with van der Waals surface area (Å²) in [7, 11) is -3.80. The van der Waals surface area contributed by atoms with Crippen LogP contribution in [-0.4, -0.2) is 26.6 Å². The maximum Gasteiger partial charge on any atom is 0.349 e. The fourth-order valence-electron chi connectivity index (χ4n) is 1.09. The summed E-state index contributed by atoms with van der Waals surface area (Å²) in [5, 5.41) is 6.06. The van der Waals surface area contributed by atoms with E-state index in [2.05, 4.69) is 9.42 Å². The lowest BCUT2D eigenvalue weighted by atomic mass is 10.2. The third kappa shape index (κ3) is 3.66. The third-order valence-corrected chi connectivity index (χ3v) is 1.94. The molecule has 1 fully saturated rings. The molecule has 0 aromatic rings. The van der Waals surface area contributed by atoms with Crippen LogP contribution in [-0.2, 0) is 14.6 Å². The number of piperidine rings is 1. The van der Waals surface area contributed by atoms with E-state index in [0.717, 1.165) is 19.3 Å². The molecular formula is C5H12N2O3S. The fraction of sp³-hybridized carbons (Fsp3) is 1.00. The van der Waals surface area contributed by atoms with Crippen molar-refractivity contribution < 1.29 is 12.7 Å². The van der Waals surface area contributed by atoms with Crippen LogP contribution in [0.25, 0.3) is 0 Å². The lowest BCUT2D eigenvalue weighted by molar-refractivity contribution is -0.0654. The Morgan fingerprint density at radius 2 is 1.73 bits per heavy atom. The minimum absolute atomic E-state index is 0.649. The van der Waals surface area contributed by atoms with E-state index in [1.807, 2.05) is 0 Å². The molecule has 0 aromatic heterocycles. The van der Waals surface area contributed by atoms with Gasteiger partial charge in [-0.2, -0.15) is 17.8 Å². The van der Waals surface area contributed by atoms with Crippen molar-refractivity contribution in [2.45, 2.75) is 19.3 Å². The largest absolute Gasteiger partial charge is 0.349 e. The summed E-state index contributed by atoms with van der Waals surface area (Å²) in [5.41, 5.74) is 0. The number of hydrogen-bond acceptors (Lipinski definition) is 4. The zero-order valence-corrected chi connectivity index (χ0v) is 7.01. The van der Waals surface area contributed by atoms with Crippen LogP contribution in [0.15, 0.2) is 0 Å². The van der Waals surface area contributed by atoms with Gasteiger partial charge in [0.1, 0.15) is 0 Å². The highest BCUT2D eigenvalue weighted by Crippen LogP contribution is 2.09. The molecule has 0 aliphatic carbocycles. The second-order valence-electron chi connectivity index (χ2n) is 2.56. The van der Waals surface area contributed by atoms with Gasteiger partial charge in [-0.25, -0.2) is 5.14 Å². The van der Waals surface area contributed by atoms with Crippen molar-refractivity contribution in [3.63, 3.8) is 0 Å². The Labute approximate surface area is 66.3 Å². The van der Waals surface area contributed by atoms with Gasteiger partial charge >= 0.3 is 10.3 Å². The minimum Gasteiger partial charge on any atom is -0.204 e. The van der Waals surface area contributed by atoms with Crippen LogP contribution in [0.1, 0.15) is 19.3 Å². The maximum atomic E-state index is 10.4. The molecule has 1 aliphatic rings. The van der Waals surface area contributed by atoms with Crippen LogP contribution in [0.3, 0.4) is 0 Å². The van der Waals surface area contributed by atoms with E-state index in [4.69, 9.17) is 0 Å². The van der Waals surface area contributed by atoms with Gasteiger partial charge in [-0.15, -0.1) is 0 Å². The Bertz CT molecular complexity index is 208. The molecule has 0 spiro atoms. The lowest BCUT2D eigenvalue weighted by Crippen LogP contribution is -2.34. The quantitative estimate of drug-likeness (QED) is 0.628. The molecule has 1 heterocycles. The minimum atomic E-state index is -3.80. The van der Waals surface area contributed by atoms with Crippen LogP contribution >= 0.6 is 0 Å². The normalized spacial score (nSPS) is 21.9. The molecule has 5 nitrogen and oxygen atoms in total. The SMILES string of the molecule is NS(=O)(=O)ON1CCCCC1. The molecule has 0 amide bonds. The maximum absolute atomic E-state index is 10.4. The van der Waals surface area contributed by atoms with Crippen LogP contribution < -0.4 is 5.14 Å². The predicted octanol–water partition coefficient (Wildman–Crippen LogP) is -0.393. The van der Waals surface area contributed by atoms with E-state index in [1.54, 1.807) is 0 Å². The molecule has 0 aromatic carbocycles. The van der Waals surface area contributed by atoms with Crippen molar-refractivity contribution in [3.05, 3.63) is 0 Å². The number of hydrogen-bond donors (Lipinski definition) is 1. The van der Waals surface area contributed by atoms with E-state index in [0.29, 0.717) is 13.1 Å². The van der Waals surface area contributed by atoms with E-state index in [1.165, 1.54) is 5.06 Å². The van der Waals surface area contributed by atoms with Crippen LogP contribution in [0.5, 0.6) is 0 Å². The van der Waals surface area contributed by atoms with Gasteiger partial charge in [-0.1, -0.05) is 6.42 Å². The Kier molecular flexibility index (Phi) is 2.83. The summed E-state index contributed by atoms with van der Waals surface area (Å²) in [5.74, 6) is 0. The van der Waals surface area contributed by atoms with Crippen LogP contribution in [0, 0.1) is 0 Å². The standard InChI is InChI=1S/C5H12N2O3S/c6-11(8,9)10-7-4-2-1-3-5-7/h1-5H2,(H2,6,8,9). The molecule has 0 radical (unpaired) electrons. The topological polar surface area (TPSA) is 72.6 Å². The number of nitrogens with two attached hydrogens (primary N) is 1. The molecule has 1 saturated heterocycles. The van der Waals surface area contributed by atoms with E-state index < -0.39 is 10.3 Å². The average molecular weight is 180 g/mol. The fourth-order valence-corrected chi connectivity index (χ4v) is 1.53. The van der Waals surface area contributed by atoms with Crippen molar-refractivity contribution in [2.24, 2.45) is 5.14 Å². The molecule has 0 unspecified atom stereocenters. The van der Waals surface area contributed by atoms with Crippen molar-refractivity contribution in [1.82, 2.24) is 5.06 Å². The monoisotopic (exact) mass is 180 g/mol. The lowest BCUT2D eigenvalue weighted by Gasteiger charge is -2.23. The first kappa shape index (κ1) is 8.92. The van der Waals surface area contributed by atoms with E-state index in [9.17, 15) is 8.42 Å². The van der Waals surface area contributed by atoms with Gasteiger partial charge in [-0.3, -0.25) is 0 Å². The molecule has 1 aliphatic heterocycles. The van der Waals surface area contributed by atoms with Crippen molar-refractivity contribution in [2.75, 3.05) is 13.1 Å². The second-order valence-corrected chi connectivity index (χ2v) is 3.69. The molecule has 0 bridgehead atoms. The highest BCUT2D eigenvalue weighted by atomic mass is 32.2. The van der Waals surface area contributed by atoms with Gasteiger partial charge in [0.25, 0.3) is 0 Å². The van der Waals surface area contributed by atoms with Gasteiger partial charge in [-0.05, 0) is 12.8 Å². The van der Waals surface area contributed by atoms with Crippen LogP contribution in [0.4, 0.5) is 0 Å². The van der Waals surface area contributed by atoms with Crippen molar-refractivity contribution in [3.8, 4) is 0 Å². The van der Waals surface area contributed by atoms with Crippen molar-refractivity contribution in [1.29, 1.82) is 0 Å². The number of rotatable bonds is 2. The summed E-state index contributed by atoms with van der Waals surface area (Å²) < 4.78 is 25.3. The molecule has 1 rings (SSSR count). The van der Waals surface area contributed by atoms with E-state index in [-0.39, 0.29) is 0 Å². The van der Waals surface area contributed by atoms with Gasteiger partial charge in [0, 0.05) is 13.1 Å². The molecule has 66 valence electrons. The van der Waals surface area contributed by atoms with Crippen molar-refractivity contribution >= 4 is 10.3 Å². The van der Waals surface area contributed by atoms with E-state index >= 15 is 0 Å². The first-order valence-corrected chi connectivity index (χ1v) is 5.02. The molecule has 6 heteroatoms. The Balaban J connectivity index is 2.36. The summed E-state index contributed by atoms with van der Waals surface area (Å²) in [6.45, 7) is 1.30. The van der Waals surface area contributed by atoms with Gasteiger partial charge in [0.05, 0.1) is 0 Å². The third-order valence-electron chi connectivity index (χ3n) is 1.52. The number of nitrogens with zero attached hydrogens (tertiary/aromatic N) is 1. The molecule has 11 heavy (non-hydrogen) atoms. The Morgan fingerprint density at radius 1 is 1.18 bits per heavy atom. The molecule has 2 N–H and O–H groups in total. The highest BCUT2D eigenvalue weighted by molar-refractivity contribution is 7.84. The highest BCUT2D eigenvalue weighted by Gasteiger charge is 2.15. The van der Waals surface area contributed by atoms with Gasteiger partial charge in [0.15, 0.2) is 0 Å². The smallest absolute Gasteiger partial charge is 0.204 e. The Morgan fingerprint density at radius 3 is 2.18 bits per heavy atom.